The quantitative estimate of drug-likeness (QED) is 0.462. The monoisotopic (exact) mass is 133 g/mol. The maximum absolute atomic E-state index is 10.7. The molecule has 1 aliphatic rings. The summed E-state index contributed by atoms with van der Waals surface area (Å²) in [4.78, 5) is 0. The normalized spacial score (nSPS) is 47.6. The van der Waals surface area contributed by atoms with Crippen molar-refractivity contribution in [2.45, 2.75) is 13.0 Å². The van der Waals surface area contributed by atoms with Gasteiger partial charge in [-0.3, -0.25) is 0 Å². The molecule has 2 nitrogen and oxygen atoms in total. The Kier molecular flexibility index (Phi) is 1.80. The lowest BCUT2D eigenvalue weighted by molar-refractivity contribution is 0.566. The van der Waals surface area contributed by atoms with Crippen LogP contribution in [0.1, 0.15) is 6.92 Å². The molecule has 0 amide bonds. The summed E-state index contributed by atoms with van der Waals surface area (Å²) in [6, 6.07) is 0.191. The van der Waals surface area contributed by atoms with Crippen molar-refractivity contribution in [3.05, 3.63) is 0 Å². The first-order chi connectivity index (χ1) is 3.70. The Hall–Kier alpha value is 0.270. The topological polar surface area (TPSA) is 49.1 Å². The molecule has 3 heteroatoms. The molecule has 3 unspecified atom stereocenters. The highest BCUT2D eigenvalue weighted by Gasteiger charge is 2.30. The summed E-state index contributed by atoms with van der Waals surface area (Å²) in [5.41, 5.74) is 5.58. The average Bonchev–Trinajstić information content (AvgIpc) is 1.85. The van der Waals surface area contributed by atoms with Gasteiger partial charge in [0, 0.05) is 5.92 Å². The Labute approximate surface area is 52.6 Å². The van der Waals surface area contributed by atoms with E-state index in [9.17, 15) is 4.55 Å². The van der Waals surface area contributed by atoms with Crippen LogP contribution in [0, 0.1) is 5.92 Å². The summed E-state index contributed by atoms with van der Waals surface area (Å²) in [6.45, 7) is 2.05. The molecule has 0 aromatic carbocycles. The molecule has 1 heterocycles. The maximum Gasteiger partial charge on any atom is 0.121 e. The highest BCUT2D eigenvalue weighted by Crippen LogP contribution is 2.15. The van der Waals surface area contributed by atoms with Crippen molar-refractivity contribution in [2.24, 2.45) is 11.7 Å². The Morgan fingerprint density at radius 3 is 2.38 bits per heavy atom. The van der Waals surface area contributed by atoms with E-state index in [-0.39, 0.29) is 6.04 Å². The van der Waals surface area contributed by atoms with Crippen molar-refractivity contribution in [1.29, 1.82) is 0 Å². The van der Waals surface area contributed by atoms with Crippen LogP contribution in [-0.4, -0.2) is 22.1 Å². The molecule has 1 aliphatic heterocycles. The van der Waals surface area contributed by atoms with Crippen LogP contribution in [0.4, 0.5) is 0 Å². The highest BCUT2D eigenvalue weighted by molar-refractivity contribution is 7.91. The Morgan fingerprint density at radius 1 is 1.62 bits per heavy atom. The van der Waals surface area contributed by atoms with Crippen molar-refractivity contribution in [3.63, 3.8) is 0 Å². The van der Waals surface area contributed by atoms with E-state index in [4.69, 9.17) is 5.73 Å². The molecule has 0 aliphatic carbocycles. The minimum atomic E-state index is -0.608. The summed E-state index contributed by atoms with van der Waals surface area (Å²) >= 11 is -0.608. The molecule has 0 aromatic heterocycles. The van der Waals surface area contributed by atoms with Crippen LogP contribution in [0.5, 0.6) is 0 Å². The molecule has 0 radical (unpaired) electrons. The molecular formula is C5H11NOS. The largest absolute Gasteiger partial charge is 0.616 e. The second-order valence-corrected chi connectivity index (χ2v) is 3.96. The van der Waals surface area contributed by atoms with Crippen LogP contribution >= 0.6 is 0 Å². The van der Waals surface area contributed by atoms with Crippen LogP contribution in [0.2, 0.25) is 0 Å². The van der Waals surface area contributed by atoms with E-state index in [0.717, 1.165) is 5.75 Å². The Balaban J connectivity index is 2.39. The molecule has 0 aromatic rings. The predicted octanol–water partition coefficient (Wildman–Crippen LogP) is -0.288. The first-order valence-corrected chi connectivity index (χ1v) is 4.29. The average molecular weight is 133 g/mol. The van der Waals surface area contributed by atoms with Crippen LogP contribution in [0.3, 0.4) is 0 Å². The Bertz CT molecular complexity index is 78.5. The first kappa shape index (κ1) is 6.39. The van der Waals surface area contributed by atoms with Crippen molar-refractivity contribution in [3.8, 4) is 0 Å². The van der Waals surface area contributed by atoms with E-state index in [1.165, 1.54) is 0 Å². The van der Waals surface area contributed by atoms with Gasteiger partial charge in [-0.2, -0.15) is 0 Å². The number of hydrogen-bond acceptors (Lipinski definition) is 2. The fraction of sp³-hybridized carbons (Fsp3) is 1.00. The van der Waals surface area contributed by atoms with Gasteiger partial charge in [0.2, 0.25) is 0 Å². The summed E-state index contributed by atoms with van der Waals surface area (Å²) in [7, 11) is 0. The zero-order valence-corrected chi connectivity index (χ0v) is 5.78. The van der Waals surface area contributed by atoms with Crippen molar-refractivity contribution < 1.29 is 4.55 Å². The number of nitrogens with two attached hydrogens (primary N) is 1. The molecular weight excluding hydrogens is 122 g/mol. The molecule has 48 valence electrons. The van der Waals surface area contributed by atoms with E-state index in [0.29, 0.717) is 11.7 Å². The van der Waals surface area contributed by atoms with Gasteiger partial charge in [-0.05, 0) is 0 Å². The van der Waals surface area contributed by atoms with Gasteiger partial charge in [0.15, 0.2) is 0 Å². The van der Waals surface area contributed by atoms with Gasteiger partial charge in [-0.1, -0.05) is 18.1 Å². The lowest BCUT2D eigenvalue weighted by Crippen LogP contribution is -2.26. The Morgan fingerprint density at radius 2 is 2.25 bits per heavy atom. The molecule has 0 spiro atoms. The standard InChI is InChI=1S/C5H11NOS/c1-4-2-8(7)3-5(4)6/h4-5H,2-3,6H2,1H3. The molecule has 0 saturated carbocycles. The van der Waals surface area contributed by atoms with E-state index in [1.54, 1.807) is 0 Å². The van der Waals surface area contributed by atoms with Crippen LogP contribution < -0.4 is 5.73 Å². The van der Waals surface area contributed by atoms with Gasteiger partial charge in [0.1, 0.15) is 11.5 Å². The van der Waals surface area contributed by atoms with Crippen LogP contribution in [0.15, 0.2) is 0 Å². The molecule has 8 heavy (non-hydrogen) atoms. The predicted molar refractivity (Wildman–Crippen MR) is 35.0 cm³/mol. The van der Waals surface area contributed by atoms with Gasteiger partial charge in [0.05, 0.1) is 6.04 Å². The summed E-state index contributed by atoms with van der Waals surface area (Å²) < 4.78 is 10.7. The summed E-state index contributed by atoms with van der Waals surface area (Å²) in [5, 5.41) is 0. The highest BCUT2D eigenvalue weighted by atomic mass is 32.2. The SMILES string of the molecule is CC1C[S+]([O-])CC1N. The summed E-state index contributed by atoms with van der Waals surface area (Å²) in [6.07, 6.45) is 0. The fourth-order valence-electron chi connectivity index (χ4n) is 0.864. The van der Waals surface area contributed by atoms with Gasteiger partial charge in [-0.25, -0.2) is 0 Å². The van der Waals surface area contributed by atoms with E-state index < -0.39 is 11.2 Å². The lowest BCUT2D eigenvalue weighted by atomic mass is 10.1. The second-order valence-electron chi connectivity index (χ2n) is 2.41. The fourth-order valence-corrected chi connectivity index (χ4v) is 2.59. The number of hydrogen-bond donors (Lipinski definition) is 1. The second kappa shape index (κ2) is 2.25. The molecule has 0 bridgehead atoms. The van der Waals surface area contributed by atoms with Gasteiger partial charge < -0.3 is 10.3 Å². The van der Waals surface area contributed by atoms with Gasteiger partial charge >= 0.3 is 0 Å². The third-order valence-electron chi connectivity index (χ3n) is 1.56. The van der Waals surface area contributed by atoms with Crippen LogP contribution in [-0.2, 0) is 11.2 Å². The van der Waals surface area contributed by atoms with Crippen LogP contribution in [0.25, 0.3) is 0 Å². The maximum atomic E-state index is 10.7. The number of rotatable bonds is 0. The lowest BCUT2D eigenvalue weighted by Gasteiger charge is -1.99. The first-order valence-electron chi connectivity index (χ1n) is 2.80. The van der Waals surface area contributed by atoms with E-state index in [1.807, 2.05) is 0 Å². The zero-order valence-electron chi connectivity index (χ0n) is 4.96. The minimum absolute atomic E-state index is 0.191. The van der Waals surface area contributed by atoms with E-state index >= 15 is 0 Å². The third-order valence-corrected chi connectivity index (χ3v) is 3.21. The third kappa shape index (κ3) is 1.16. The summed E-state index contributed by atoms with van der Waals surface area (Å²) in [5.74, 6) is 1.98. The molecule has 2 N–H and O–H groups in total. The molecule has 3 atom stereocenters. The minimum Gasteiger partial charge on any atom is -0.616 e. The van der Waals surface area contributed by atoms with Gasteiger partial charge in [-0.15, -0.1) is 0 Å². The molecule has 1 rings (SSSR count). The molecule has 1 saturated heterocycles. The smallest absolute Gasteiger partial charge is 0.121 e. The van der Waals surface area contributed by atoms with E-state index in [2.05, 4.69) is 6.92 Å². The zero-order chi connectivity index (χ0) is 6.15. The molecule has 1 fully saturated rings. The van der Waals surface area contributed by atoms with Crippen molar-refractivity contribution in [1.82, 2.24) is 0 Å². The van der Waals surface area contributed by atoms with Gasteiger partial charge in [0.25, 0.3) is 0 Å². The van der Waals surface area contributed by atoms with Crippen molar-refractivity contribution >= 4 is 11.2 Å². The van der Waals surface area contributed by atoms with Crippen molar-refractivity contribution in [2.75, 3.05) is 11.5 Å².